The summed E-state index contributed by atoms with van der Waals surface area (Å²) in [5.74, 6) is 1.05. The number of carbonyl (C=O) groups is 1. The number of nitrogens with zero attached hydrogens (tertiary/aromatic N) is 2. The van der Waals surface area contributed by atoms with Crippen molar-refractivity contribution in [2.24, 2.45) is 0 Å². The molecule has 1 amide bonds. The highest BCUT2D eigenvalue weighted by Gasteiger charge is 2.13. The zero-order valence-corrected chi connectivity index (χ0v) is 14.1. The van der Waals surface area contributed by atoms with Crippen LogP contribution in [0.25, 0.3) is 0 Å². The second kappa shape index (κ2) is 7.06. The Morgan fingerprint density at radius 2 is 1.85 bits per heavy atom. The van der Waals surface area contributed by atoms with Gasteiger partial charge in [-0.2, -0.15) is 5.26 Å². The second-order valence-electron chi connectivity index (χ2n) is 5.77. The van der Waals surface area contributed by atoms with Crippen molar-refractivity contribution < 1.29 is 14.3 Å². The molecule has 2 aromatic carbocycles. The summed E-state index contributed by atoms with van der Waals surface area (Å²) in [7, 11) is 0. The lowest BCUT2D eigenvalue weighted by molar-refractivity contribution is 0.102. The first kappa shape index (κ1) is 16.4. The normalized spacial score (nSPS) is 11.5. The van der Waals surface area contributed by atoms with Crippen molar-refractivity contribution in [3.05, 3.63) is 72.1 Å². The van der Waals surface area contributed by atoms with E-state index >= 15 is 0 Å². The third-order valence-corrected chi connectivity index (χ3v) is 3.91. The van der Waals surface area contributed by atoms with Crippen LogP contribution in [0, 0.1) is 11.3 Å². The van der Waals surface area contributed by atoms with E-state index in [0.717, 1.165) is 11.4 Å². The Hall–Kier alpha value is -4.05. The molecule has 2 N–H and O–H groups in total. The highest BCUT2D eigenvalue weighted by molar-refractivity contribution is 6.03. The maximum Gasteiger partial charge on any atom is 0.274 e. The summed E-state index contributed by atoms with van der Waals surface area (Å²) in [5.41, 5.74) is 2.85. The van der Waals surface area contributed by atoms with E-state index in [0.29, 0.717) is 22.7 Å². The summed E-state index contributed by atoms with van der Waals surface area (Å²) in [6.07, 6.45) is 1.57. The van der Waals surface area contributed by atoms with Gasteiger partial charge in [-0.05, 0) is 42.5 Å². The topological polar surface area (TPSA) is 96.3 Å². The molecule has 0 spiro atoms. The van der Waals surface area contributed by atoms with Gasteiger partial charge in [-0.25, -0.2) is 4.98 Å². The molecular formula is C20H14N4O3. The Labute approximate surface area is 155 Å². The smallest absolute Gasteiger partial charge is 0.274 e. The third-order valence-electron chi connectivity index (χ3n) is 3.91. The van der Waals surface area contributed by atoms with Crippen molar-refractivity contribution in [3.63, 3.8) is 0 Å². The van der Waals surface area contributed by atoms with Gasteiger partial charge in [0, 0.05) is 17.4 Å². The molecule has 7 heteroatoms. The Kier molecular flexibility index (Phi) is 4.29. The van der Waals surface area contributed by atoms with Crippen LogP contribution in [0.1, 0.15) is 16.1 Å². The number of rotatable bonds is 4. The van der Waals surface area contributed by atoms with Gasteiger partial charge in [0.1, 0.15) is 5.69 Å². The number of hydrogen-bond acceptors (Lipinski definition) is 6. The molecule has 2 heterocycles. The van der Waals surface area contributed by atoms with E-state index in [2.05, 4.69) is 15.6 Å². The molecule has 0 saturated heterocycles. The first-order valence-electron chi connectivity index (χ1n) is 8.15. The number of ether oxygens (including phenoxy) is 2. The number of carbonyl (C=O) groups excluding carboxylic acids is 1. The van der Waals surface area contributed by atoms with Crippen molar-refractivity contribution in [2.75, 3.05) is 17.4 Å². The van der Waals surface area contributed by atoms with E-state index in [1.807, 2.05) is 24.3 Å². The number of nitriles is 1. The Balaban J connectivity index is 1.44. The molecule has 0 radical (unpaired) electrons. The molecule has 7 nitrogen and oxygen atoms in total. The van der Waals surface area contributed by atoms with Crippen LogP contribution in [0.4, 0.5) is 17.1 Å². The van der Waals surface area contributed by atoms with Gasteiger partial charge in [0.05, 0.1) is 23.5 Å². The number of pyridine rings is 1. The summed E-state index contributed by atoms with van der Waals surface area (Å²) in [6, 6.07) is 17.7. The predicted octanol–water partition coefficient (Wildman–Crippen LogP) is 3.68. The SMILES string of the molecule is N#Cc1cccc(NC(=O)c2ccc(Nc3ccc4c(c3)OCO4)cn2)c1. The first-order chi connectivity index (χ1) is 13.2. The molecule has 0 bridgehead atoms. The molecule has 132 valence electrons. The Bertz CT molecular complexity index is 1040. The van der Waals surface area contributed by atoms with Crippen LogP contribution >= 0.6 is 0 Å². The van der Waals surface area contributed by atoms with E-state index in [1.54, 1.807) is 42.6 Å². The fourth-order valence-corrected chi connectivity index (χ4v) is 2.60. The van der Waals surface area contributed by atoms with Crippen LogP contribution in [-0.2, 0) is 0 Å². The van der Waals surface area contributed by atoms with Gasteiger partial charge in [-0.3, -0.25) is 4.79 Å². The number of aromatic nitrogens is 1. The minimum Gasteiger partial charge on any atom is -0.454 e. The van der Waals surface area contributed by atoms with E-state index < -0.39 is 0 Å². The fraction of sp³-hybridized carbons (Fsp3) is 0.0500. The van der Waals surface area contributed by atoms with Gasteiger partial charge in [0.2, 0.25) is 6.79 Å². The second-order valence-corrected chi connectivity index (χ2v) is 5.77. The lowest BCUT2D eigenvalue weighted by Crippen LogP contribution is -2.13. The summed E-state index contributed by atoms with van der Waals surface area (Å²) >= 11 is 0. The maximum absolute atomic E-state index is 12.3. The molecule has 0 fully saturated rings. The van der Waals surface area contributed by atoms with Crippen LogP contribution in [0.5, 0.6) is 11.5 Å². The highest BCUT2D eigenvalue weighted by atomic mass is 16.7. The first-order valence-corrected chi connectivity index (χ1v) is 8.15. The minimum atomic E-state index is -0.347. The maximum atomic E-state index is 12.3. The molecule has 0 unspecified atom stereocenters. The number of amides is 1. The van der Waals surface area contributed by atoms with Crippen LogP contribution in [0.15, 0.2) is 60.8 Å². The fourth-order valence-electron chi connectivity index (χ4n) is 2.60. The molecule has 1 aliphatic heterocycles. The van der Waals surface area contributed by atoms with Crippen LogP contribution in [-0.4, -0.2) is 17.7 Å². The van der Waals surface area contributed by atoms with Crippen molar-refractivity contribution in [1.82, 2.24) is 4.98 Å². The van der Waals surface area contributed by atoms with Gasteiger partial charge in [-0.1, -0.05) is 6.07 Å². The number of nitrogens with one attached hydrogen (secondary N) is 2. The monoisotopic (exact) mass is 358 g/mol. The van der Waals surface area contributed by atoms with E-state index in [9.17, 15) is 4.79 Å². The van der Waals surface area contributed by atoms with Gasteiger partial charge in [0.15, 0.2) is 11.5 Å². The van der Waals surface area contributed by atoms with Crippen molar-refractivity contribution in [3.8, 4) is 17.6 Å². The van der Waals surface area contributed by atoms with Crippen molar-refractivity contribution in [1.29, 1.82) is 5.26 Å². The minimum absolute atomic E-state index is 0.224. The Morgan fingerprint density at radius 3 is 2.67 bits per heavy atom. The van der Waals surface area contributed by atoms with Gasteiger partial charge in [-0.15, -0.1) is 0 Å². The molecule has 0 atom stereocenters. The lowest BCUT2D eigenvalue weighted by atomic mass is 10.2. The quantitative estimate of drug-likeness (QED) is 0.738. The molecule has 4 rings (SSSR count). The summed E-state index contributed by atoms with van der Waals surface area (Å²) in [5, 5.41) is 14.8. The Morgan fingerprint density at radius 1 is 1.00 bits per heavy atom. The van der Waals surface area contributed by atoms with Crippen LogP contribution in [0.3, 0.4) is 0 Å². The summed E-state index contributed by atoms with van der Waals surface area (Å²) in [6.45, 7) is 0.224. The molecule has 27 heavy (non-hydrogen) atoms. The number of benzene rings is 2. The van der Waals surface area contributed by atoms with Crippen molar-refractivity contribution in [2.45, 2.75) is 0 Å². The van der Waals surface area contributed by atoms with Crippen LogP contribution in [0.2, 0.25) is 0 Å². The van der Waals surface area contributed by atoms with E-state index in [1.165, 1.54) is 0 Å². The number of fused-ring (bicyclic) bond motifs is 1. The zero-order valence-electron chi connectivity index (χ0n) is 14.1. The predicted molar refractivity (Wildman–Crippen MR) is 99.2 cm³/mol. The summed E-state index contributed by atoms with van der Waals surface area (Å²) < 4.78 is 10.6. The molecule has 1 aliphatic rings. The average molecular weight is 358 g/mol. The molecule has 1 aromatic heterocycles. The number of hydrogen-bond donors (Lipinski definition) is 2. The zero-order chi connectivity index (χ0) is 18.6. The standard InChI is InChI=1S/C20H14N4O3/c21-10-13-2-1-3-14(8-13)24-20(25)17-6-4-16(11-22-17)23-15-5-7-18-19(9-15)27-12-26-18/h1-9,11,23H,12H2,(H,24,25). The van der Waals surface area contributed by atoms with Gasteiger partial charge >= 0.3 is 0 Å². The summed E-state index contributed by atoms with van der Waals surface area (Å²) in [4.78, 5) is 16.5. The van der Waals surface area contributed by atoms with E-state index in [-0.39, 0.29) is 18.4 Å². The van der Waals surface area contributed by atoms with Gasteiger partial charge in [0.25, 0.3) is 5.91 Å². The average Bonchev–Trinajstić information content (AvgIpc) is 3.16. The molecule has 3 aromatic rings. The van der Waals surface area contributed by atoms with E-state index in [4.69, 9.17) is 14.7 Å². The molecular weight excluding hydrogens is 344 g/mol. The van der Waals surface area contributed by atoms with Gasteiger partial charge < -0.3 is 20.1 Å². The highest BCUT2D eigenvalue weighted by Crippen LogP contribution is 2.35. The van der Waals surface area contributed by atoms with Crippen molar-refractivity contribution >= 4 is 23.0 Å². The third kappa shape index (κ3) is 3.65. The van der Waals surface area contributed by atoms with Crippen LogP contribution < -0.4 is 20.1 Å². The largest absolute Gasteiger partial charge is 0.454 e. The lowest BCUT2D eigenvalue weighted by Gasteiger charge is -2.08. The molecule has 0 saturated carbocycles. The number of anilines is 3. The molecule has 0 aliphatic carbocycles.